The smallest absolute Gasteiger partial charge is 0.411 e. The van der Waals surface area contributed by atoms with E-state index in [1.807, 2.05) is 0 Å². The van der Waals surface area contributed by atoms with Crippen LogP contribution in [0, 0.1) is 0 Å². The molecule has 2 atom stereocenters. The van der Waals surface area contributed by atoms with Crippen molar-refractivity contribution in [3.05, 3.63) is 76.9 Å². The normalized spacial score (nSPS) is 17.3. The highest BCUT2D eigenvalue weighted by Crippen LogP contribution is 2.46. The van der Waals surface area contributed by atoms with Crippen molar-refractivity contribution in [1.82, 2.24) is 4.90 Å². The van der Waals surface area contributed by atoms with Crippen molar-refractivity contribution >= 4 is 23.5 Å². The number of Topliss-reactive ketones (excluding diaryl/α,β-unsaturated/α-hetero) is 1. The van der Waals surface area contributed by atoms with Crippen LogP contribution >= 0.6 is 0 Å². The molecular formula is C24H26N2O7. The summed E-state index contributed by atoms with van der Waals surface area (Å²) in [7, 11) is 1.22. The third-order valence-electron chi connectivity index (χ3n) is 5.72. The number of carbonyl (C=O) groups is 3. The van der Waals surface area contributed by atoms with Crippen molar-refractivity contribution in [2.24, 2.45) is 0 Å². The van der Waals surface area contributed by atoms with E-state index in [2.05, 4.69) is 11.9 Å². The lowest BCUT2D eigenvalue weighted by molar-refractivity contribution is -0.124. The first-order chi connectivity index (χ1) is 15.9. The number of ketones is 1. The summed E-state index contributed by atoms with van der Waals surface area (Å²) in [5.41, 5.74) is 2.07. The van der Waals surface area contributed by atoms with Crippen LogP contribution in [0.4, 0.5) is 10.5 Å². The number of carbonyl (C=O) groups excluding carboxylic acids is 3. The number of hydrogen-bond acceptors (Lipinski definition) is 7. The molecule has 1 aliphatic rings. The van der Waals surface area contributed by atoms with Crippen molar-refractivity contribution in [3.63, 3.8) is 0 Å². The van der Waals surface area contributed by atoms with Gasteiger partial charge in [0.1, 0.15) is 6.61 Å². The third kappa shape index (κ3) is 4.51. The van der Waals surface area contributed by atoms with Crippen LogP contribution in [0.3, 0.4) is 0 Å². The largest absolute Gasteiger partial charge is 0.453 e. The number of ether oxygens (including phenoxy) is 1. The molecule has 0 saturated carbocycles. The van der Waals surface area contributed by atoms with Gasteiger partial charge in [0.2, 0.25) is 0 Å². The van der Waals surface area contributed by atoms with Crippen LogP contribution < -0.4 is 5.32 Å². The number of nitrogens with one attached hydrogen (secondary N) is 1. The number of methoxy groups -OCH3 is 1. The van der Waals surface area contributed by atoms with E-state index >= 15 is 0 Å². The molecule has 2 aromatic carbocycles. The lowest BCUT2D eigenvalue weighted by atomic mass is 9.76. The minimum atomic E-state index is -0.999. The Kier molecular flexibility index (Phi) is 7.59. The number of anilines is 1. The number of fused-ring (bicyclic) bond motifs is 1. The van der Waals surface area contributed by atoms with Crippen LogP contribution in [0.2, 0.25) is 0 Å². The SMILES string of the molecule is C=CCN1C(=O)c2cc(CO)c(CO)cc2C(C(=O)CO)C1c1ccccc1NC(=O)OC. The van der Waals surface area contributed by atoms with Gasteiger partial charge in [-0.05, 0) is 34.4 Å². The summed E-state index contributed by atoms with van der Waals surface area (Å²) < 4.78 is 4.69. The first-order valence-corrected chi connectivity index (χ1v) is 10.3. The van der Waals surface area contributed by atoms with Gasteiger partial charge in [0.25, 0.3) is 5.91 Å². The van der Waals surface area contributed by atoms with Crippen LogP contribution in [-0.2, 0) is 22.7 Å². The zero-order valence-corrected chi connectivity index (χ0v) is 18.2. The molecule has 9 heteroatoms. The quantitative estimate of drug-likeness (QED) is 0.447. The molecule has 0 saturated heterocycles. The molecule has 0 spiro atoms. The van der Waals surface area contributed by atoms with E-state index in [4.69, 9.17) is 4.74 Å². The highest BCUT2D eigenvalue weighted by molar-refractivity contribution is 6.02. The lowest BCUT2D eigenvalue weighted by Crippen LogP contribution is -2.46. The molecule has 1 aliphatic heterocycles. The van der Waals surface area contributed by atoms with Gasteiger partial charge in [-0.15, -0.1) is 6.58 Å². The summed E-state index contributed by atoms with van der Waals surface area (Å²) in [5.74, 6) is -1.96. The van der Waals surface area contributed by atoms with Gasteiger partial charge in [-0.25, -0.2) is 4.79 Å². The number of amides is 2. The molecule has 2 unspecified atom stereocenters. The van der Waals surface area contributed by atoms with Crippen molar-refractivity contribution in [2.45, 2.75) is 25.2 Å². The zero-order valence-electron chi connectivity index (χ0n) is 18.2. The van der Waals surface area contributed by atoms with Gasteiger partial charge < -0.3 is 25.0 Å². The van der Waals surface area contributed by atoms with E-state index in [0.29, 0.717) is 27.9 Å². The number of hydrogen-bond donors (Lipinski definition) is 4. The van der Waals surface area contributed by atoms with Crippen LogP contribution in [-0.4, -0.2) is 58.3 Å². The Hall–Kier alpha value is -3.53. The number of benzene rings is 2. The van der Waals surface area contributed by atoms with E-state index in [1.54, 1.807) is 24.3 Å². The molecule has 4 N–H and O–H groups in total. The van der Waals surface area contributed by atoms with Gasteiger partial charge in [-0.2, -0.15) is 0 Å². The molecule has 0 aliphatic carbocycles. The second-order valence-corrected chi connectivity index (χ2v) is 7.52. The molecular weight excluding hydrogens is 428 g/mol. The second-order valence-electron chi connectivity index (χ2n) is 7.52. The number of nitrogens with zero attached hydrogens (tertiary/aromatic N) is 1. The molecule has 1 heterocycles. The molecule has 2 aromatic rings. The van der Waals surface area contributed by atoms with E-state index in [9.17, 15) is 29.7 Å². The van der Waals surface area contributed by atoms with Gasteiger partial charge in [0.05, 0.1) is 32.3 Å². The van der Waals surface area contributed by atoms with E-state index in [1.165, 1.54) is 30.2 Å². The Morgan fingerprint density at radius 2 is 1.79 bits per heavy atom. The average Bonchev–Trinajstić information content (AvgIpc) is 2.84. The fourth-order valence-corrected chi connectivity index (χ4v) is 4.24. The van der Waals surface area contributed by atoms with Crippen LogP contribution in [0.15, 0.2) is 49.1 Å². The average molecular weight is 454 g/mol. The molecule has 0 bridgehead atoms. The zero-order chi connectivity index (χ0) is 24.1. The van der Waals surface area contributed by atoms with Crippen molar-refractivity contribution < 1.29 is 34.4 Å². The minimum absolute atomic E-state index is 0.0842. The van der Waals surface area contributed by atoms with E-state index in [0.717, 1.165) is 0 Å². The number of para-hydroxylation sites is 1. The monoisotopic (exact) mass is 454 g/mol. The summed E-state index contributed by atoms with van der Waals surface area (Å²) >= 11 is 0. The Morgan fingerprint density at radius 3 is 2.39 bits per heavy atom. The summed E-state index contributed by atoms with van der Waals surface area (Å²) in [6.07, 6.45) is 0.794. The Labute approximate surface area is 190 Å². The maximum atomic E-state index is 13.6. The van der Waals surface area contributed by atoms with Gasteiger partial charge in [-0.1, -0.05) is 30.3 Å². The molecule has 174 valence electrons. The molecule has 2 amide bonds. The molecule has 9 nitrogen and oxygen atoms in total. The first kappa shape index (κ1) is 24.1. The summed E-state index contributed by atoms with van der Waals surface area (Å²) in [6, 6.07) is 8.79. The summed E-state index contributed by atoms with van der Waals surface area (Å²) in [6.45, 7) is 2.22. The molecule has 0 fully saturated rings. The number of aliphatic hydroxyl groups excluding tert-OH is 3. The Balaban J connectivity index is 2.31. The van der Waals surface area contributed by atoms with Gasteiger partial charge >= 0.3 is 6.09 Å². The van der Waals surface area contributed by atoms with Crippen molar-refractivity contribution in [1.29, 1.82) is 0 Å². The summed E-state index contributed by atoms with van der Waals surface area (Å²) in [4.78, 5) is 40.0. The fourth-order valence-electron chi connectivity index (χ4n) is 4.24. The van der Waals surface area contributed by atoms with Gasteiger partial charge in [-0.3, -0.25) is 14.9 Å². The molecule has 3 rings (SSSR count). The van der Waals surface area contributed by atoms with Crippen LogP contribution in [0.5, 0.6) is 0 Å². The maximum Gasteiger partial charge on any atom is 0.411 e. The van der Waals surface area contributed by atoms with Crippen LogP contribution in [0.1, 0.15) is 44.6 Å². The Bertz CT molecular complexity index is 1080. The van der Waals surface area contributed by atoms with E-state index < -0.39 is 49.6 Å². The maximum absolute atomic E-state index is 13.6. The number of aliphatic hydroxyl groups is 3. The van der Waals surface area contributed by atoms with Gasteiger partial charge in [0.15, 0.2) is 5.78 Å². The van der Waals surface area contributed by atoms with Gasteiger partial charge in [0, 0.05) is 17.8 Å². The summed E-state index contributed by atoms with van der Waals surface area (Å²) in [5, 5.41) is 31.9. The lowest BCUT2D eigenvalue weighted by Gasteiger charge is -2.42. The molecule has 33 heavy (non-hydrogen) atoms. The van der Waals surface area contributed by atoms with Crippen molar-refractivity contribution in [2.75, 3.05) is 25.6 Å². The Morgan fingerprint density at radius 1 is 1.12 bits per heavy atom. The second kappa shape index (κ2) is 10.4. The minimum Gasteiger partial charge on any atom is -0.453 e. The molecule has 0 radical (unpaired) electrons. The fraction of sp³-hybridized carbons (Fsp3) is 0.292. The first-order valence-electron chi connectivity index (χ1n) is 10.3. The molecule has 0 aromatic heterocycles. The number of rotatable bonds is 8. The van der Waals surface area contributed by atoms with E-state index in [-0.39, 0.29) is 12.1 Å². The predicted octanol–water partition coefficient (Wildman–Crippen LogP) is 1.88. The predicted molar refractivity (Wildman–Crippen MR) is 120 cm³/mol. The third-order valence-corrected chi connectivity index (χ3v) is 5.72. The van der Waals surface area contributed by atoms with Crippen LogP contribution in [0.25, 0.3) is 0 Å². The van der Waals surface area contributed by atoms with Crippen molar-refractivity contribution in [3.8, 4) is 0 Å². The highest BCUT2D eigenvalue weighted by Gasteiger charge is 2.44. The highest BCUT2D eigenvalue weighted by atomic mass is 16.5. The topological polar surface area (TPSA) is 136 Å². The standard InChI is InChI=1S/C24H26N2O7/c1-3-8-26-22(16-6-4-5-7-19(16)25-24(32)33-2)21(20(30)13-29)17-9-14(11-27)15(12-28)10-18(17)23(26)31/h3-7,9-10,21-22,27-29H,1,8,11-13H2,2H3,(H,25,32).